The van der Waals surface area contributed by atoms with Crippen LogP contribution in [-0.4, -0.2) is 9.97 Å². The molecule has 80 valence electrons. The van der Waals surface area contributed by atoms with Crippen molar-refractivity contribution in [1.82, 2.24) is 9.97 Å². The molecule has 0 aliphatic rings. The largest absolute Gasteiger partial charge is 0.340 e. The van der Waals surface area contributed by atoms with E-state index in [1.165, 1.54) is 6.07 Å². The topological polar surface area (TPSA) is 54.7 Å². The molecule has 2 aromatic rings. The van der Waals surface area contributed by atoms with Crippen molar-refractivity contribution in [1.29, 1.82) is 0 Å². The summed E-state index contributed by atoms with van der Waals surface area (Å²) in [6.07, 6.45) is 0. The number of fused-ring (bicyclic) bond motifs is 1. The number of nitrogens with two attached hydrogens (primary N) is 1. The average molecular weight is 276 g/mol. The highest BCUT2D eigenvalue weighted by atomic mass is 79.9. The molecule has 0 aliphatic heterocycles. The number of halogens is 3. The Morgan fingerprint density at radius 1 is 1.53 bits per heavy atom. The smallest absolute Gasteiger partial charge is 0.168 e. The van der Waals surface area contributed by atoms with Crippen LogP contribution in [0.4, 0.5) is 8.78 Å². The maximum atomic E-state index is 13.5. The number of aromatic amines is 1. The Balaban J connectivity index is 2.76. The van der Waals surface area contributed by atoms with Crippen molar-refractivity contribution in [3.63, 3.8) is 0 Å². The van der Waals surface area contributed by atoms with E-state index in [0.29, 0.717) is 11.3 Å². The first kappa shape index (κ1) is 10.5. The normalized spacial score (nSPS) is 13.4. The van der Waals surface area contributed by atoms with E-state index < -0.39 is 11.6 Å². The second-order valence-electron chi connectivity index (χ2n) is 3.29. The quantitative estimate of drug-likeness (QED) is 0.787. The summed E-state index contributed by atoms with van der Waals surface area (Å²) < 4.78 is 26.5. The molecule has 15 heavy (non-hydrogen) atoms. The van der Waals surface area contributed by atoms with E-state index in [1.807, 2.05) is 0 Å². The highest BCUT2D eigenvalue weighted by molar-refractivity contribution is 9.10. The number of benzene rings is 1. The summed E-state index contributed by atoms with van der Waals surface area (Å²) in [4.78, 5) is 6.73. The lowest BCUT2D eigenvalue weighted by molar-refractivity contribution is 0.579. The fourth-order valence-corrected chi connectivity index (χ4v) is 1.59. The van der Waals surface area contributed by atoms with Gasteiger partial charge < -0.3 is 10.7 Å². The van der Waals surface area contributed by atoms with Gasteiger partial charge in [-0.1, -0.05) is 0 Å². The summed E-state index contributed by atoms with van der Waals surface area (Å²) in [5.74, 6) is -0.950. The van der Waals surface area contributed by atoms with E-state index in [0.717, 1.165) is 0 Å². The number of imidazole rings is 1. The monoisotopic (exact) mass is 275 g/mol. The first-order valence-corrected chi connectivity index (χ1v) is 5.08. The molecule has 1 atom stereocenters. The van der Waals surface area contributed by atoms with Crippen molar-refractivity contribution in [3.8, 4) is 0 Å². The van der Waals surface area contributed by atoms with Gasteiger partial charge in [-0.3, -0.25) is 0 Å². The van der Waals surface area contributed by atoms with Gasteiger partial charge in [-0.25, -0.2) is 13.8 Å². The van der Waals surface area contributed by atoms with Crippen LogP contribution in [0.3, 0.4) is 0 Å². The van der Waals surface area contributed by atoms with Gasteiger partial charge in [-0.2, -0.15) is 0 Å². The minimum atomic E-state index is -0.715. The summed E-state index contributed by atoms with van der Waals surface area (Å²) in [7, 11) is 0. The first-order chi connectivity index (χ1) is 7.00. The van der Waals surface area contributed by atoms with E-state index in [4.69, 9.17) is 5.73 Å². The van der Waals surface area contributed by atoms with Gasteiger partial charge in [0, 0.05) is 6.07 Å². The van der Waals surface area contributed by atoms with Crippen LogP contribution in [0, 0.1) is 11.6 Å². The van der Waals surface area contributed by atoms with E-state index in [-0.39, 0.29) is 16.0 Å². The molecule has 3 N–H and O–H groups in total. The summed E-state index contributed by atoms with van der Waals surface area (Å²) in [5, 5.41) is 0. The van der Waals surface area contributed by atoms with Gasteiger partial charge in [0.2, 0.25) is 0 Å². The molecule has 0 saturated carbocycles. The van der Waals surface area contributed by atoms with Gasteiger partial charge in [-0.15, -0.1) is 0 Å². The van der Waals surface area contributed by atoms with Crippen molar-refractivity contribution in [2.45, 2.75) is 13.0 Å². The SMILES string of the molecule is C[C@@H](N)c1nc2c(F)c(Br)c(F)cc2[nH]1. The predicted octanol–water partition coefficient (Wildman–Crippen LogP) is 2.62. The van der Waals surface area contributed by atoms with E-state index >= 15 is 0 Å². The zero-order valence-electron chi connectivity index (χ0n) is 7.81. The summed E-state index contributed by atoms with van der Waals surface area (Å²) in [5.41, 5.74) is 5.98. The van der Waals surface area contributed by atoms with Crippen LogP contribution < -0.4 is 5.73 Å². The van der Waals surface area contributed by atoms with Crippen molar-refractivity contribution >= 4 is 27.0 Å². The molecule has 0 amide bonds. The zero-order chi connectivity index (χ0) is 11.2. The van der Waals surface area contributed by atoms with Crippen LogP contribution in [0.15, 0.2) is 10.5 Å². The Labute approximate surface area is 92.8 Å². The lowest BCUT2D eigenvalue weighted by Gasteiger charge is -1.96. The molecule has 0 bridgehead atoms. The molecule has 0 aliphatic carbocycles. The lowest BCUT2D eigenvalue weighted by Crippen LogP contribution is -2.06. The fraction of sp³-hybridized carbons (Fsp3) is 0.222. The Morgan fingerprint density at radius 3 is 2.80 bits per heavy atom. The molecule has 1 heterocycles. The molecule has 0 radical (unpaired) electrons. The van der Waals surface area contributed by atoms with E-state index in [1.54, 1.807) is 6.92 Å². The van der Waals surface area contributed by atoms with E-state index in [9.17, 15) is 8.78 Å². The van der Waals surface area contributed by atoms with Gasteiger partial charge in [-0.05, 0) is 22.9 Å². The predicted molar refractivity (Wildman–Crippen MR) is 56.3 cm³/mol. The highest BCUT2D eigenvalue weighted by Gasteiger charge is 2.16. The molecule has 0 fully saturated rings. The Hall–Kier alpha value is -1.01. The molecule has 1 aromatic heterocycles. The molecular formula is C9H8BrF2N3. The van der Waals surface area contributed by atoms with Gasteiger partial charge in [0.1, 0.15) is 17.2 Å². The second-order valence-corrected chi connectivity index (χ2v) is 4.09. The molecule has 3 nitrogen and oxygen atoms in total. The van der Waals surface area contributed by atoms with Gasteiger partial charge in [0.25, 0.3) is 0 Å². The van der Waals surface area contributed by atoms with Crippen LogP contribution in [0.1, 0.15) is 18.8 Å². The second kappa shape index (κ2) is 3.53. The number of rotatable bonds is 1. The molecule has 6 heteroatoms. The average Bonchev–Trinajstić information content (AvgIpc) is 2.58. The van der Waals surface area contributed by atoms with Crippen LogP contribution >= 0.6 is 15.9 Å². The minimum absolute atomic E-state index is 0.0931. The summed E-state index contributed by atoms with van der Waals surface area (Å²) in [6.45, 7) is 1.71. The number of aromatic nitrogens is 2. The number of hydrogen-bond donors (Lipinski definition) is 2. The Kier molecular flexibility index (Phi) is 2.47. The molecule has 0 saturated heterocycles. The highest BCUT2D eigenvalue weighted by Crippen LogP contribution is 2.27. The first-order valence-electron chi connectivity index (χ1n) is 4.29. The van der Waals surface area contributed by atoms with Crippen LogP contribution in [0.2, 0.25) is 0 Å². The van der Waals surface area contributed by atoms with Crippen LogP contribution in [0.5, 0.6) is 0 Å². The maximum Gasteiger partial charge on any atom is 0.168 e. The zero-order valence-corrected chi connectivity index (χ0v) is 9.40. The standard InChI is InChI=1S/C9H8BrF2N3/c1-3(13)9-14-5-2-4(11)6(10)7(12)8(5)15-9/h2-3H,13H2,1H3,(H,14,15)/t3-/m1/s1. The lowest BCUT2D eigenvalue weighted by atomic mass is 10.3. The van der Waals surface area contributed by atoms with Crippen molar-refractivity contribution < 1.29 is 8.78 Å². The van der Waals surface area contributed by atoms with Crippen molar-refractivity contribution in [2.24, 2.45) is 5.73 Å². The van der Waals surface area contributed by atoms with Crippen LogP contribution in [-0.2, 0) is 0 Å². The molecule has 1 aromatic carbocycles. The van der Waals surface area contributed by atoms with E-state index in [2.05, 4.69) is 25.9 Å². The summed E-state index contributed by atoms with van der Waals surface area (Å²) >= 11 is 2.81. The minimum Gasteiger partial charge on any atom is -0.340 e. The number of hydrogen-bond acceptors (Lipinski definition) is 2. The fourth-order valence-electron chi connectivity index (χ4n) is 1.29. The van der Waals surface area contributed by atoms with Gasteiger partial charge >= 0.3 is 0 Å². The number of H-pyrrole nitrogens is 1. The summed E-state index contributed by atoms with van der Waals surface area (Å²) in [6, 6.07) is 0.833. The third kappa shape index (κ3) is 1.63. The molecule has 2 rings (SSSR count). The number of nitrogens with zero attached hydrogens (tertiary/aromatic N) is 1. The maximum absolute atomic E-state index is 13.5. The number of nitrogens with one attached hydrogen (secondary N) is 1. The Morgan fingerprint density at radius 2 is 2.20 bits per heavy atom. The third-order valence-electron chi connectivity index (χ3n) is 2.06. The van der Waals surface area contributed by atoms with Gasteiger partial charge in [0.15, 0.2) is 5.82 Å². The van der Waals surface area contributed by atoms with Crippen LogP contribution in [0.25, 0.3) is 11.0 Å². The van der Waals surface area contributed by atoms with Crippen molar-refractivity contribution in [3.05, 3.63) is 28.0 Å². The Bertz CT molecular complexity index is 522. The molecular weight excluding hydrogens is 268 g/mol. The molecule has 0 spiro atoms. The molecule has 0 unspecified atom stereocenters. The van der Waals surface area contributed by atoms with Gasteiger partial charge in [0.05, 0.1) is 16.0 Å². The van der Waals surface area contributed by atoms with Crippen molar-refractivity contribution in [2.75, 3.05) is 0 Å². The third-order valence-corrected chi connectivity index (χ3v) is 2.79.